The standard InChI is InChI=1S/C20H27NO4S/c1-2-3-4-5-6-7-9-16-11-13-18(22)21(16)15-8-10-17-12-14-19(26-17)25-20(23)24/h5-7,9,12,14,16H,2-4,8,10-11,13,15H2,1H3,(H,23,24)/b6-5+,9-7-/t16-/m0/s1. The fourth-order valence-electron chi connectivity index (χ4n) is 2.99. The average Bonchev–Trinajstić information content (AvgIpc) is 3.18. The number of carboxylic acid groups (broad SMARTS) is 1. The smallest absolute Gasteiger partial charge is 0.449 e. The molecule has 0 aliphatic carbocycles. The van der Waals surface area contributed by atoms with Crippen molar-refractivity contribution in [1.82, 2.24) is 4.90 Å². The zero-order valence-corrected chi connectivity index (χ0v) is 16.0. The zero-order valence-electron chi connectivity index (χ0n) is 15.2. The molecular formula is C20H27NO4S. The highest BCUT2D eigenvalue weighted by Gasteiger charge is 2.28. The summed E-state index contributed by atoms with van der Waals surface area (Å²) in [6.45, 7) is 2.91. The number of aryl methyl sites for hydroxylation is 1. The van der Waals surface area contributed by atoms with E-state index in [1.54, 1.807) is 6.07 Å². The maximum Gasteiger partial charge on any atom is 0.512 e. The highest BCUT2D eigenvalue weighted by Crippen LogP contribution is 2.26. The summed E-state index contributed by atoms with van der Waals surface area (Å²) in [4.78, 5) is 25.7. The normalized spacial score (nSPS) is 17.7. The van der Waals surface area contributed by atoms with Crippen LogP contribution in [0.2, 0.25) is 0 Å². The Morgan fingerprint density at radius 3 is 3.00 bits per heavy atom. The second-order valence-electron chi connectivity index (χ2n) is 6.34. The maximum atomic E-state index is 12.1. The number of hydrogen-bond acceptors (Lipinski definition) is 4. The van der Waals surface area contributed by atoms with E-state index in [2.05, 4.69) is 36.0 Å². The number of amides is 1. The van der Waals surface area contributed by atoms with E-state index in [0.29, 0.717) is 11.5 Å². The summed E-state index contributed by atoms with van der Waals surface area (Å²) in [6.07, 6.45) is 13.8. The molecular weight excluding hydrogens is 350 g/mol. The summed E-state index contributed by atoms with van der Waals surface area (Å²) in [5.41, 5.74) is 0. The van der Waals surface area contributed by atoms with Crippen molar-refractivity contribution in [2.24, 2.45) is 0 Å². The van der Waals surface area contributed by atoms with Gasteiger partial charge in [-0.15, -0.1) is 11.3 Å². The van der Waals surface area contributed by atoms with E-state index in [-0.39, 0.29) is 11.9 Å². The lowest BCUT2D eigenvalue weighted by molar-refractivity contribution is -0.128. The quantitative estimate of drug-likeness (QED) is 0.353. The van der Waals surface area contributed by atoms with Crippen LogP contribution in [0.3, 0.4) is 0 Å². The molecule has 0 spiro atoms. The summed E-state index contributed by atoms with van der Waals surface area (Å²) in [5, 5.41) is 9.00. The third kappa shape index (κ3) is 6.67. The molecule has 1 aliphatic heterocycles. The van der Waals surface area contributed by atoms with Crippen molar-refractivity contribution in [1.29, 1.82) is 0 Å². The third-order valence-electron chi connectivity index (χ3n) is 4.33. The number of carbonyl (C=O) groups is 2. The van der Waals surface area contributed by atoms with Gasteiger partial charge in [-0.3, -0.25) is 4.79 Å². The Kier molecular flexibility index (Phi) is 8.41. The molecule has 1 aliphatic rings. The largest absolute Gasteiger partial charge is 0.512 e. The molecule has 26 heavy (non-hydrogen) atoms. The van der Waals surface area contributed by atoms with Crippen molar-refractivity contribution in [2.75, 3.05) is 6.54 Å². The molecule has 1 saturated heterocycles. The molecule has 0 radical (unpaired) electrons. The molecule has 5 nitrogen and oxygen atoms in total. The second-order valence-corrected chi connectivity index (χ2v) is 7.47. The molecule has 0 saturated carbocycles. The summed E-state index contributed by atoms with van der Waals surface area (Å²) >= 11 is 1.34. The van der Waals surface area contributed by atoms with Gasteiger partial charge in [-0.25, -0.2) is 4.79 Å². The molecule has 2 rings (SSSR count). The van der Waals surface area contributed by atoms with E-state index in [0.717, 1.165) is 37.1 Å². The Bertz CT molecular complexity index is 650. The van der Waals surface area contributed by atoms with Gasteiger partial charge >= 0.3 is 6.16 Å². The monoisotopic (exact) mass is 377 g/mol. The molecule has 1 atom stereocenters. The van der Waals surface area contributed by atoms with Crippen molar-refractivity contribution in [3.05, 3.63) is 41.3 Å². The number of thiophene rings is 1. The predicted molar refractivity (Wildman–Crippen MR) is 104 cm³/mol. The molecule has 1 fully saturated rings. The second kappa shape index (κ2) is 10.8. The van der Waals surface area contributed by atoms with Crippen LogP contribution >= 0.6 is 11.3 Å². The van der Waals surface area contributed by atoms with Gasteiger partial charge in [0.25, 0.3) is 0 Å². The van der Waals surface area contributed by atoms with Crippen molar-refractivity contribution in [3.63, 3.8) is 0 Å². The number of allylic oxidation sites excluding steroid dienone is 3. The molecule has 1 amide bonds. The first-order valence-electron chi connectivity index (χ1n) is 9.22. The summed E-state index contributed by atoms with van der Waals surface area (Å²) in [7, 11) is 0. The SMILES string of the molecule is CCCC/C=C/C=C\[C@H]1CCC(=O)N1CCCc1ccc(OC(=O)O)s1. The van der Waals surface area contributed by atoms with Crippen LogP contribution in [-0.2, 0) is 11.2 Å². The highest BCUT2D eigenvalue weighted by molar-refractivity contribution is 7.13. The van der Waals surface area contributed by atoms with E-state index in [4.69, 9.17) is 5.11 Å². The van der Waals surface area contributed by atoms with Crippen LogP contribution < -0.4 is 4.74 Å². The third-order valence-corrected chi connectivity index (χ3v) is 5.35. The van der Waals surface area contributed by atoms with Gasteiger partial charge in [0.1, 0.15) is 0 Å². The number of unbranched alkanes of at least 4 members (excludes halogenated alkanes) is 2. The van der Waals surface area contributed by atoms with Crippen LogP contribution in [0.1, 0.15) is 50.3 Å². The lowest BCUT2D eigenvalue weighted by Gasteiger charge is -2.22. The summed E-state index contributed by atoms with van der Waals surface area (Å²) in [6, 6.07) is 3.74. The number of nitrogens with zero attached hydrogens (tertiary/aromatic N) is 1. The molecule has 1 N–H and O–H groups in total. The fourth-order valence-corrected chi connectivity index (χ4v) is 3.88. The lowest BCUT2D eigenvalue weighted by atomic mass is 10.2. The number of carbonyl (C=O) groups excluding carboxylic acids is 1. The minimum Gasteiger partial charge on any atom is -0.449 e. The van der Waals surface area contributed by atoms with Gasteiger partial charge < -0.3 is 14.7 Å². The minimum atomic E-state index is -1.29. The van der Waals surface area contributed by atoms with Crippen LogP contribution in [0, 0.1) is 0 Å². The fraction of sp³-hybridized carbons (Fsp3) is 0.500. The van der Waals surface area contributed by atoms with Gasteiger partial charge in [-0.05, 0) is 37.8 Å². The van der Waals surface area contributed by atoms with Crippen LogP contribution in [0.15, 0.2) is 36.4 Å². The molecule has 2 heterocycles. The molecule has 142 valence electrons. The predicted octanol–water partition coefficient (Wildman–Crippen LogP) is 5.03. The number of ether oxygens (including phenoxy) is 1. The zero-order chi connectivity index (χ0) is 18.8. The van der Waals surface area contributed by atoms with E-state index in [9.17, 15) is 9.59 Å². The molecule has 0 bridgehead atoms. The van der Waals surface area contributed by atoms with Gasteiger partial charge in [0.05, 0.1) is 6.04 Å². The van der Waals surface area contributed by atoms with Crippen LogP contribution in [-0.4, -0.2) is 34.7 Å². The topological polar surface area (TPSA) is 66.8 Å². The highest BCUT2D eigenvalue weighted by atomic mass is 32.1. The number of hydrogen-bond donors (Lipinski definition) is 1. The Morgan fingerprint density at radius 2 is 2.23 bits per heavy atom. The van der Waals surface area contributed by atoms with Gasteiger partial charge in [0.15, 0.2) is 5.06 Å². The van der Waals surface area contributed by atoms with E-state index in [1.807, 2.05) is 11.0 Å². The van der Waals surface area contributed by atoms with E-state index < -0.39 is 6.16 Å². The number of likely N-dealkylation sites (tertiary alicyclic amines) is 1. The van der Waals surface area contributed by atoms with Gasteiger partial charge in [-0.1, -0.05) is 44.1 Å². The maximum absolute atomic E-state index is 12.1. The Balaban J connectivity index is 1.78. The Labute approximate surface area is 159 Å². The summed E-state index contributed by atoms with van der Waals surface area (Å²) < 4.78 is 4.64. The molecule has 0 unspecified atom stereocenters. The summed E-state index contributed by atoms with van der Waals surface area (Å²) in [5.74, 6) is 0.218. The molecule has 6 heteroatoms. The first kappa shape index (κ1) is 20.2. The van der Waals surface area contributed by atoms with Crippen LogP contribution in [0.5, 0.6) is 5.06 Å². The average molecular weight is 378 g/mol. The molecule has 1 aromatic heterocycles. The minimum absolute atomic E-state index is 0.188. The van der Waals surface area contributed by atoms with Gasteiger partial charge in [0, 0.05) is 17.8 Å². The van der Waals surface area contributed by atoms with E-state index in [1.165, 1.54) is 24.2 Å². The first-order chi connectivity index (χ1) is 12.6. The van der Waals surface area contributed by atoms with Crippen molar-refractivity contribution in [2.45, 2.75) is 57.9 Å². The van der Waals surface area contributed by atoms with Crippen molar-refractivity contribution < 1.29 is 19.4 Å². The van der Waals surface area contributed by atoms with Crippen molar-refractivity contribution >= 4 is 23.4 Å². The number of rotatable bonds is 10. The van der Waals surface area contributed by atoms with Crippen LogP contribution in [0.25, 0.3) is 0 Å². The first-order valence-corrected chi connectivity index (χ1v) is 10.0. The molecule has 1 aromatic rings. The lowest BCUT2D eigenvalue weighted by Crippen LogP contribution is -2.32. The van der Waals surface area contributed by atoms with Gasteiger partial charge in [-0.2, -0.15) is 0 Å². The molecule has 0 aromatic carbocycles. The Hall–Kier alpha value is -2.08. The van der Waals surface area contributed by atoms with Crippen molar-refractivity contribution in [3.8, 4) is 5.06 Å². The van der Waals surface area contributed by atoms with Gasteiger partial charge in [0.2, 0.25) is 5.91 Å². The van der Waals surface area contributed by atoms with E-state index >= 15 is 0 Å². The van der Waals surface area contributed by atoms with Crippen LogP contribution in [0.4, 0.5) is 4.79 Å². The Morgan fingerprint density at radius 1 is 1.38 bits per heavy atom.